The molecule has 7 nitrogen and oxygen atoms in total. The Morgan fingerprint density at radius 3 is 1.72 bits per heavy atom. The summed E-state index contributed by atoms with van der Waals surface area (Å²) in [6, 6.07) is 0. The Balaban J connectivity index is 4.85. The molecule has 3 unspecified atom stereocenters. The van der Waals surface area contributed by atoms with Crippen molar-refractivity contribution in [3.05, 3.63) is 0 Å². The predicted octanol–water partition coefficient (Wildman–Crippen LogP) is 2.72. The van der Waals surface area contributed by atoms with Gasteiger partial charge in [0.1, 0.15) is 5.92 Å². The van der Waals surface area contributed by atoms with Gasteiger partial charge >= 0.3 is 11.9 Å². The van der Waals surface area contributed by atoms with Gasteiger partial charge in [-0.2, -0.15) is 0 Å². The Kier molecular flexibility index (Phi) is 16.1. The summed E-state index contributed by atoms with van der Waals surface area (Å²) in [5.74, 6) is -4.68. The van der Waals surface area contributed by atoms with Gasteiger partial charge in [0.15, 0.2) is 0 Å². The molecule has 0 aromatic carbocycles. The lowest BCUT2D eigenvalue weighted by atomic mass is 10.00. The lowest BCUT2D eigenvalue weighted by molar-refractivity contribution is -0.292. The Labute approximate surface area is 176 Å². The van der Waals surface area contributed by atoms with E-state index < -0.39 is 38.2 Å². The molecule has 29 heavy (non-hydrogen) atoms. The van der Waals surface area contributed by atoms with Crippen molar-refractivity contribution in [2.75, 3.05) is 19.4 Å². The fraction of sp³-hybridized carbons (Fsp3) is 0.857. The van der Waals surface area contributed by atoms with Gasteiger partial charge in [0.05, 0.1) is 13.2 Å². The number of ether oxygens (including phenoxy) is 2. The summed E-state index contributed by atoms with van der Waals surface area (Å²) < 4.78 is 10.3. The fourth-order valence-corrected chi connectivity index (χ4v) is 3.53. The number of hydrogen-bond acceptors (Lipinski definition) is 7. The van der Waals surface area contributed by atoms with Gasteiger partial charge in [-0.15, -0.1) is 0 Å². The molecular formula is C21H37O7P-2. The van der Waals surface area contributed by atoms with Crippen molar-refractivity contribution in [3.63, 3.8) is 0 Å². The molecule has 0 radical (unpaired) electrons. The largest absolute Gasteiger partial charge is 0.842 e. The van der Waals surface area contributed by atoms with Crippen LogP contribution in [0, 0.1) is 17.8 Å². The van der Waals surface area contributed by atoms with Gasteiger partial charge < -0.3 is 27.6 Å². The molecule has 0 aromatic rings. The lowest BCUT2D eigenvalue weighted by Gasteiger charge is -2.33. The van der Waals surface area contributed by atoms with Crippen LogP contribution in [0.5, 0.6) is 0 Å². The number of carbonyl (C=O) groups is 3. The minimum absolute atomic E-state index is 0.0846. The van der Waals surface area contributed by atoms with Gasteiger partial charge in [0.25, 0.3) is 5.78 Å². The normalized spacial score (nSPS) is 14.3. The van der Waals surface area contributed by atoms with Crippen LogP contribution in [0.1, 0.15) is 79.1 Å². The predicted molar refractivity (Wildman–Crippen MR) is 109 cm³/mol. The third-order valence-corrected chi connectivity index (χ3v) is 5.80. The first kappa shape index (κ1) is 28.0. The van der Waals surface area contributed by atoms with Crippen LogP contribution in [0.3, 0.4) is 0 Å². The zero-order valence-electron chi connectivity index (χ0n) is 18.3. The summed E-state index contributed by atoms with van der Waals surface area (Å²) in [7, 11) is -3.03. The molecule has 3 atom stereocenters. The Morgan fingerprint density at radius 2 is 1.31 bits per heavy atom. The summed E-state index contributed by atoms with van der Waals surface area (Å²) in [4.78, 5) is 59.1. The molecule has 170 valence electrons. The third-order valence-electron chi connectivity index (χ3n) is 5.13. The van der Waals surface area contributed by atoms with E-state index in [0.29, 0.717) is 0 Å². The SMILES string of the molecule is CCCCC(CC)COC(=O)C(=O)C(CP([O-])[O-])C(=O)OCC(CC)CCCC. The number of ketones is 1. The van der Waals surface area contributed by atoms with Crippen LogP contribution in [-0.4, -0.2) is 37.1 Å². The number of unbranched alkanes of at least 4 members (excludes halogenated alkanes) is 2. The summed E-state index contributed by atoms with van der Waals surface area (Å²) in [6.45, 7) is 8.27. The van der Waals surface area contributed by atoms with E-state index in [0.717, 1.165) is 51.4 Å². The van der Waals surface area contributed by atoms with Crippen molar-refractivity contribution < 1.29 is 33.6 Å². The second-order valence-corrected chi connectivity index (χ2v) is 8.52. The Hall–Kier alpha value is -1.04. The monoisotopic (exact) mass is 432 g/mol. The molecule has 0 aliphatic carbocycles. The van der Waals surface area contributed by atoms with Crippen LogP contribution in [0.25, 0.3) is 0 Å². The molecule has 0 aliphatic heterocycles. The van der Waals surface area contributed by atoms with Gasteiger partial charge in [0.2, 0.25) is 0 Å². The summed E-state index contributed by atoms with van der Waals surface area (Å²) in [5, 5.41) is 0. The van der Waals surface area contributed by atoms with Crippen LogP contribution in [0.2, 0.25) is 0 Å². The number of Topliss-reactive ketones (excluding diaryl/α,β-unsaturated/α-hetero) is 1. The molecule has 0 fully saturated rings. The summed E-state index contributed by atoms with van der Waals surface area (Å²) in [5.41, 5.74) is 0. The zero-order valence-corrected chi connectivity index (χ0v) is 19.2. The quantitative estimate of drug-likeness (QED) is 0.150. The molecule has 0 bridgehead atoms. The highest BCUT2D eigenvalue weighted by atomic mass is 31.2. The molecule has 0 aromatic heterocycles. The van der Waals surface area contributed by atoms with Crippen LogP contribution in [0.15, 0.2) is 0 Å². The van der Waals surface area contributed by atoms with Crippen molar-refractivity contribution in [1.82, 2.24) is 0 Å². The van der Waals surface area contributed by atoms with E-state index in [2.05, 4.69) is 13.8 Å². The molecule has 0 spiro atoms. The number of esters is 2. The van der Waals surface area contributed by atoms with Crippen molar-refractivity contribution in [3.8, 4) is 0 Å². The minimum atomic E-state index is -3.03. The van der Waals surface area contributed by atoms with Crippen LogP contribution < -0.4 is 9.79 Å². The molecule has 0 aliphatic rings. The maximum absolute atomic E-state index is 12.4. The number of hydrogen-bond donors (Lipinski definition) is 0. The minimum Gasteiger partial charge on any atom is -0.842 e. The van der Waals surface area contributed by atoms with Crippen molar-refractivity contribution >= 4 is 26.1 Å². The van der Waals surface area contributed by atoms with Gasteiger partial charge in [-0.25, -0.2) is 4.79 Å². The fourth-order valence-electron chi connectivity index (χ4n) is 2.92. The number of carbonyl (C=O) groups excluding carboxylic acids is 3. The van der Waals surface area contributed by atoms with Crippen LogP contribution in [0.4, 0.5) is 0 Å². The smallest absolute Gasteiger partial charge is 0.375 e. The van der Waals surface area contributed by atoms with E-state index in [1.807, 2.05) is 13.8 Å². The average Bonchev–Trinajstić information content (AvgIpc) is 2.71. The van der Waals surface area contributed by atoms with Crippen molar-refractivity contribution in [1.29, 1.82) is 0 Å². The highest BCUT2D eigenvalue weighted by Gasteiger charge is 2.34. The second-order valence-electron chi connectivity index (χ2n) is 7.49. The maximum atomic E-state index is 12.4. The standard InChI is InChI=1S/C21H37O7P/c1-5-9-11-16(7-3)13-27-20(23)18(15-29(25)26)19(22)21(24)28-14-17(8-4)12-10-6-2/h16-18H,5-15H2,1-4H3/q-2. The van der Waals surface area contributed by atoms with Crippen molar-refractivity contribution in [2.24, 2.45) is 17.8 Å². The Bertz CT molecular complexity index is 482. The summed E-state index contributed by atoms with van der Waals surface area (Å²) >= 11 is 0. The van der Waals surface area contributed by atoms with E-state index in [4.69, 9.17) is 9.47 Å². The zero-order chi connectivity index (χ0) is 22.2. The maximum Gasteiger partial charge on any atom is 0.375 e. The van der Waals surface area contributed by atoms with Gasteiger partial charge in [0, 0.05) is 0 Å². The lowest BCUT2D eigenvalue weighted by Crippen LogP contribution is -2.37. The molecule has 8 heteroatoms. The highest BCUT2D eigenvalue weighted by molar-refractivity contribution is 7.42. The molecule has 0 N–H and O–H groups in total. The average molecular weight is 432 g/mol. The molecule has 0 saturated carbocycles. The van der Waals surface area contributed by atoms with E-state index in [-0.39, 0.29) is 25.0 Å². The molecule has 0 rings (SSSR count). The third kappa shape index (κ3) is 12.3. The second kappa shape index (κ2) is 16.7. The van der Waals surface area contributed by atoms with Crippen LogP contribution >= 0.6 is 8.38 Å². The van der Waals surface area contributed by atoms with E-state index in [1.54, 1.807) is 0 Å². The number of rotatable bonds is 17. The Morgan fingerprint density at radius 1 is 0.828 bits per heavy atom. The van der Waals surface area contributed by atoms with Crippen molar-refractivity contribution in [2.45, 2.75) is 79.1 Å². The van der Waals surface area contributed by atoms with Gasteiger partial charge in [-0.3, -0.25) is 9.59 Å². The van der Waals surface area contributed by atoms with E-state index in [1.165, 1.54) is 0 Å². The van der Waals surface area contributed by atoms with E-state index >= 15 is 0 Å². The molecular weight excluding hydrogens is 395 g/mol. The first-order valence-electron chi connectivity index (χ1n) is 10.8. The first-order valence-corrected chi connectivity index (χ1v) is 12.2. The molecule has 0 amide bonds. The first-order chi connectivity index (χ1) is 13.8. The summed E-state index contributed by atoms with van der Waals surface area (Å²) in [6.07, 6.45) is 6.64. The van der Waals surface area contributed by atoms with Gasteiger partial charge in [-0.05, 0) is 30.8 Å². The highest BCUT2D eigenvalue weighted by Crippen LogP contribution is 2.21. The topological polar surface area (TPSA) is 116 Å². The van der Waals surface area contributed by atoms with Gasteiger partial charge in [-0.1, -0.05) is 66.2 Å². The van der Waals surface area contributed by atoms with E-state index in [9.17, 15) is 24.2 Å². The van der Waals surface area contributed by atoms with Crippen LogP contribution in [-0.2, 0) is 23.9 Å². The molecule has 0 saturated heterocycles. The molecule has 0 heterocycles.